The third kappa shape index (κ3) is 7.80. The lowest BCUT2D eigenvalue weighted by Gasteiger charge is -2.20. The van der Waals surface area contributed by atoms with Crippen LogP contribution in [-0.4, -0.2) is 58.1 Å². The van der Waals surface area contributed by atoms with Crippen LogP contribution >= 0.6 is 34.2 Å². The molecule has 2 amide bonds. The number of aliphatic hydroxyl groups is 1. The summed E-state index contributed by atoms with van der Waals surface area (Å²) in [6.07, 6.45) is 1.19. The molecule has 3 rings (SSSR count). The number of carboxylic acids is 1. The zero-order chi connectivity index (χ0) is 26.2. The van der Waals surface area contributed by atoms with Crippen LogP contribution in [0.4, 0.5) is 5.69 Å². The Hall–Kier alpha value is -2.90. The zero-order valence-corrected chi connectivity index (χ0v) is 22.0. The maximum absolute atomic E-state index is 12.6. The van der Waals surface area contributed by atoms with Crippen molar-refractivity contribution in [2.75, 3.05) is 18.4 Å². The smallest absolute Gasteiger partial charge is 0.305 e. The molecular weight excluding hydrogens is 603 g/mol. The summed E-state index contributed by atoms with van der Waals surface area (Å²) in [5, 5.41) is 38.2. The number of halogens is 2. The maximum atomic E-state index is 12.6. The minimum Gasteiger partial charge on any atom is -0.506 e. The van der Waals surface area contributed by atoms with E-state index in [2.05, 4.69) is 20.9 Å². The average molecular weight is 629 g/mol. The topological polar surface area (TPSA) is 160 Å². The second kappa shape index (κ2) is 12.9. The van der Waals surface area contributed by atoms with E-state index in [0.29, 0.717) is 28.1 Å². The molecule has 1 aliphatic rings. The van der Waals surface area contributed by atoms with E-state index >= 15 is 0 Å². The first kappa shape index (κ1) is 27.7. The monoisotopic (exact) mass is 628 g/mol. The number of anilines is 1. The predicted octanol–water partition coefficient (Wildman–Crippen LogP) is 3.07. The van der Waals surface area contributed by atoms with Gasteiger partial charge in [-0.15, -0.1) is 0 Å². The number of carbonyl (C=O) groups is 3. The van der Waals surface area contributed by atoms with Crippen LogP contribution in [0.1, 0.15) is 47.6 Å². The fourth-order valence-corrected chi connectivity index (χ4v) is 4.73. The van der Waals surface area contributed by atoms with E-state index in [1.54, 1.807) is 24.3 Å². The molecule has 0 aromatic heterocycles. The number of hydrogen-bond donors (Lipinski definition) is 6. The zero-order valence-electron chi connectivity index (χ0n) is 19.1. The van der Waals surface area contributed by atoms with Gasteiger partial charge in [-0.3, -0.25) is 19.4 Å². The van der Waals surface area contributed by atoms with Crippen molar-refractivity contribution in [1.29, 1.82) is 0 Å². The highest BCUT2D eigenvalue weighted by molar-refractivity contribution is 14.1. The number of amides is 2. The molecule has 0 fully saturated rings. The first-order chi connectivity index (χ1) is 17.1. The van der Waals surface area contributed by atoms with Crippen LogP contribution in [0.2, 0.25) is 5.02 Å². The number of amidine groups is 1. The van der Waals surface area contributed by atoms with Crippen LogP contribution in [0.3, 0.4) is 0 Å². The Morgan fingerprint density at radius 3 is 2.72 bits per heavy atom. The molecule has 2 aromatic rings. The molecule has 1 aliphatic heterocycles. The minimum atomic E-state index is -1.19. The van der Waals surface area contributed by atoms with Gasteiger partial charge >= 0.3 is 5.97 Å². The molecule has 2 atom stereocenters. The normalized spacial score (nSPS) is 16.3. The van der Waals surface area contributed by atoms with Crippen LogP contribution < -0.4 is 16.0 Å². The van der Waals surface area contributed by atoms with E-state index in [4.69, 9.17) is 11.6 Å². The standard InChI is InChI=1S/C24H26ClIN4O6/c25-14-9-16(22(35)17(26)10-14)18(11-21(33)34)30-20(32)12-28-24(36)13-4-3-5-15(8-13)29-23-19(31)6-1-2-7-27-23/h3-5,8-10,18-19,31,35H,1-2,6-7,11-12H2,(H,27,29)(H,28,36)(H,30,32)(H,33,34)/t18-,19?/m0/s1. The number of carbonyl (C=O) groups excluding carboxylic acids is 2. The Balaban J connectivity index is 1.63. The lowest BCUT2D eigenvalue weighted by Crippen LogP contribution is -2.39. The number of hydrogen-bond acceptors (Lipinski definition) is 7. The largest absolute Gasteiger partial charge is 0.506 e. The Morgan fingerprint density at radius 2 is 1.97 bits per heavy atom. The van der Waals surface area contributed by atoms with Gasteiger partial charge in [0, 0.05) is 28.4 Å². The van der Waals surface area contributed by atoms with Gasteiger partial charge < -0.3 is 31.3 Å². The number of phenolic OH excluding ortho intramolecular Hbond substituents is 1. The molecule has 36 heavy (non-hydrogen) atoms. The summed E-state index contributed by atoms with van der Waals surface area (Å²) < 4.78 is 0.406. The molecule has 10 nitrogen and oxygen atoms in total. The van der Waals surface area contributed by atoms with E-state index in [-0.39, 0.29) is 21.9 Å². The molecule has 0 spiro atoms. The highest BCUT2D eigenvalue weighted by Crippen LogP contribution is 2.34. The van der Waals surface area contributed by atoms with Crippen molar-refractivity contribution in [2.45, 2.75) is 37.8 Å². The van der Waals surface area contributed by atoms with Crippen molar-refractivity contribution in [1.82, 2.24) is 10.6 Å². The van der Waals surface area contributed by atoms with Gasteiger partial charge in [-0.2, -0.15) is 0 Å². The molecule has 1 unspecified atom stereocenters. The number of nitrogens with one attached hydrogen (secondary N) is 3. The van der Waals surface area contributed by atoms with Crippen molar-refractivity contribution in [3.8, 4) is 5.75 Å². The molecule has 0 bridgehead atoms. The molecule has 12 heteroatoms. The SMILES string of the molecule is O=C(O)C[C@H](NC(=O)CNC(=O)c1cccc(NC2=NCCCCC2O)c1)c1cc(Cl)cc(I)c1O. The van der Waals surface area contributed by atoms with Crippen LogP contribution in [0.25, 0.3) is 0 Å². The van der Waals surface area contributed by atoms with Gasteiger partial charge in [-0.25, -0.2) is 0 Å². The van der Waals surface area contributed by atoms with Gasteiger partial charge in [0.15, 0.2) is 0 Å². The number of carboxylic acid groups (broad SMARTS) is 1. The first-order valence-electron chi connectivity index (χ1n) is 11.2. The van der Waals surface area contributed by atoms with Crippen molar-refractivity contribution in [3.05, 3.63) is 56.1 Å². The third-order valence-electron chi connectivity index (χ3n) is 5.44. The maximum Gasteiger partial charge on any atom is 0.305 e. The Labute approximate surface area is 226 Å². The number of phenols is 1. The highest BCUT2D eigenvalue weighted by atomic mass is 127. The van der Waals surface area contributed by atoms with Gasteiger partial charge in [0.2, 0.25) is 5.91 Å². The summed E-state index contributed by atoms with van der Waals surface area (Å²) >= 11 is 7.89. The molecule has 0 saturated heterocycles. The fourth-order valence-electron chi connectivity index (χ4n) is 3.67. The highest BCUT2D eigenvalue weighted by Gasteiger charge is 2.23. The summed E-state index contributed by atoms with van der Waals surface area (Å²) in [4.78, 5) is 40.9. The van der Waals surface area contributed by atoms with E-state index in [9.17, 15) is 29.7 Å². The Kier molecular flexibility index (Phi) is 9.90. The summed E-state index contributed by atoms with van der Waals surface area (Å²) in [6.45, 7) is 0.195. The average Bonchev–Trinajstić information content (AvgIpc) is 3.03. The quantitative estimate of drug-likeness (QED) is 0.245. The summed E-state index contributed by atoms with van der Waals surface area (Å²) in [5.74, 6) is -2.08. The third-order valence-corrected chi connectivity index (χ3v) is 6.48. The van der Waals surface area contributed by atoms with Crippen molar-refractivity contribution < 1.29 is 29.7 Å². The lowest BCUT2D eigenvalue weighted by atomic mass is 10.0. The van der Waals surface area contributed by atoms with Crippen molar-refractivity contribution in [2.24, 2.45) is 4.99 Å². The minimum absolute atomic E-state index is 0.163. The Morgan fingerprint density at radius 1 is 1.19 bits per heavy atom. The number of nitrogens with zero attached hydrogens (tertiary/aromatic N) is 1. The molecular formula is C24H26ClIN4O6. The molecule has 0 saturated carbocycles. The van der Waals surface area contributed by atoms with Crippen molar-refractivity contribution >= 4 is 63.5 Å². The molecule has 0 radical (unpaired) electrons. The number of rotatable bonds is 8. The van der Waals surface area contributed by atoms with Gasteiger partial charge in [-0.05, 0) is 72.2 Å². The van der Waals surface area contributed by atoms with E-state index < -0.39 is 42.9 Å². The van der Waals surface area contributed by atoms with Crippen LogP contribution in [0.15, 0.2) is 41.4 Å². The number of aliphatic hydroxyl groups excluding tert-OH is 1. The Bertz CT molecular complexity index is 1180. The van der Waals surface area contributed by atoms with Gasteiger partial charge in [0.05, 0.1) is 22.6 Å². The van der Waals surface area contributed by atoms with Gasteiger partial charge in [0.1, 0.15) is 17.7 Å². The number of benzene rings is 2. The van der Waals surface area contributed by atoms with E-state index in [0.717, 1.165) is 12.8 Å². The number of aromatic hydroxyl groups is 1. The van der Waals surface area contributed by atoms with Gasteiger partial charge in [-0.1, -0.05) is 17.7 Å². The van der Waals surface area contributed by atoms with E-state index in [1.165, 1.54) is 12.1 Å². The van der Waals surface area contributed by atoms with Crippen molar-refractivity contribution in [3.63, 3.8) is 0 Å². The predicted molar refractivity (Wildman–Crippen MR) is 144 cm³/mol. The molecule has 0 aliphatic carbocycles. The molecule has 2 aromatic carbocycles. The molecule has 1 heterocycles. The van der Waals surface area contributed by atoms with Gasteiger partial charge in [0.25, 0.3) is 5.91 Å². The van der Waals surface area contributed by atoms with Crippen LogP contribution in [0.5, 0.6) is 5.75 Å². The fraction of sp³-hybridized carbons (Fsp3) is 0.333. The van der Waals surface area contributed by atoms with Crippen LogP contribution in [0, 0.1) is 3.57 Å². The summed E-state index contributed by atoms with van der Waals surface area (Å²) in [7, 11) is 0. The molecule has 6 N–H and O–H groups in total. The summed E-state index contributed by atoms with van der Waals surface area (Å²) in [5.41, 5.74) is 1.01. The van der Waals surface area contributed by atoms with Crippen LogP contribution in [-0.2, 0) is 9.59 Å². The number of aliphatic imine (C=N–C) groups is 1. The lowest BCUT2D eigenvalue weighted by molar-refractivity contribution is -0.137. The second-order valence-corrected chi connectivity index (χ2v) is 9.81. The first-order valence-corrected chi connectivity index (χ1v) is 12.7. The second-order valence-electron chi connectivity index (χ2n) is 8.21. The summed E-state index contributed by atoms with van der Waals surface area (Å²) in [6, 6.07) is 8.38. The molecule has 192 valence electrons. The number of aliphatic carboxylic acids is 1. The van der Waals surface area contributed by atoms with E-state index in [1.807, 2.05) is 22.6 Å².